The molecule has 0 spiro atoms. The Balaban J connectivity index is 3.95. The van der Waals surface area contributed by atoms with E-state index < -0.39 is 18.2 Å². The molecule has 5 nitrogen and oxygen atoms in total. The van der Waals surface area contributed by atoms with Crippen LogP contribution >= 0.6 is 0 Å². The Morgan fingerprint density at radius 2 is 2.00 bits per heavy atom. The SMILES string of the molecule is CCCCNC(=O)OC(C(=O)O)C(C)C. The van der Waals surface area contributed by atoms with Gasteiger partial charge in [0, 0.05) is 12.5 Å². The number of hydrogen-bond acceptors (Lipinski definition) is 3. The monoisotopic (exact) mass is 217 g/mol. The molecule has 0 bridgehead atoms. The van der Waals surface area contributed by atoms with Gasteiger partial charge in [0.25, 0.3) is 0 Å². The van der Waals surface area contributed by atoms with Gasteiger partial charge in [-0.1, -0.05) is 27.2 Å². The zero-order valence-electron chi connectivity index (χ0n) is 9.45. The van der Waals surface area contributed by atoms with E-state index in [1.54, 1.807) is 13.8 Å². The van der Waals surface area contributed by atoms with Gasteiger partial charge in [-0.05, 0) is 6.42 Å². The Kier molecular flexibility index (Phi) is 6.49. The Morgan fingerprint density at radius 3 is 2.40 bits per heavy atom. The van der Waals surface area contributed by atoms with Crippen LogP contribution in [0.1, 0.15) is 33.6 Å². The van der Waals surface area contributed by atoms with Gasteiger partial charge in [-0.25, -0.2) is 9.59 Å². The zero-order valence-corrected chi connectivity index (χ0v) is 9.45. The molecule has 5 heteroatoms. The van der Waals surface area contributed by atoms with E-state index in [4.69, 9.17) is 9.84 Å². The van der Waals surface area contributed by atoms with Crippen LogP contribution in [0.4, 0.5) is 4.79 Å². The Bertz CT molecular complexity index is 215. The number of amides is 1. The lowest BCUT2D eigenvalue weighted by Gasteiger charge is -2.17. The quantitative estimate of drug-likeness (QED) is 0.663. The van der Waals surface area contributed by atoms with Crippen molar-refractivity contribution in [2.75, 3.05) is 6.54 Å². The molecule has 1 amide bonds. The van der Waals surface area contributed by atoms with E-state index in [-0.39, 0.29) is 5.92 Å². The highest BCUT2D eigenvalue weighted by molar-refractivity contribution is 5.77. The molecule has 88 valence electrons. The molecule has 0 aromatic carbocycles. The molecule has 0 heterocycles. The zero-order chi connectivity index (χ0) is 11.8. The highest BCUT2D eigenvalue weighted by Crippen LogP contribution is 2.06. The molecule has 0 radical (unpaired) electrons. The first-order valence-electron chi connectivity index (χ1n) is 5.16. The number of nitrogens with one attached hydrogen (secondary N) is 1. The lowest BCUT2D eigenvalue weighted by Crippen LogP contribution is -2.36. The van der Waals surface area contributed by atoms with Crippen LogP contribution in [-0.2, 0) is 9.53 Å². The number of aliphatic carboxylic acids is 1. The molecule has 0 rings (SSSR count). The van der Waals surface area contributed by atoms with E-state index in [0.29, 0.717) is 6.54 Å². The number of carboxylic acid groups (broad SMARTS) is 1. The summed E-state index contributed by atoms with van der Waals surface area (Å²) in [7, 11) is 0. The molecule has 0 aromatic rings. The van der Waals surface area contributed by atoms with Gasteiger partial charge in [0.05, 0.1) is 0 Å². The first kappa shape index (κ1) is 13.7. The van der Waals surface area contributed by atoms with Crippen molar-refractivity contribution in [3.05, 3.63) is 0 Å². The molecule has 15 heavy (non-hydrogen) atoms. The molecular weight excluding hydrogens is 198 g/mol. The van der Waals surface area contributed by atoms with Gasteiger partial charge in [-0.15, -0.1) is 0 Å². The lowest BCUT2D eigenvalue weighted by molar-refractivity contribution is -0.149. The molecule has 1 atom stereocenters. The largest absolute Gasteiger partial charge is 0.478 e. The van der Waals surface area contributed by atoms with Crippen LogP contribution in [0.15, 0.2) is 0 Å². The Labute approximate surface area is 89.8 Å². The van der Waals surface area contributed by atoms with Crippen molar-refractivity contribution in [2.24, 2.45) is 5.92 Å². The van der Waals surface area contributed by atoms with Crippen molar-refractivity contribution >= 4 is 12.1 Å². The Hall–Kier alpha value is -1.26. The van der Waals surface area contributed by atoms with E-state index in [0.717, 1.165) is 12.8 Å². The van der Waals surface area contributed by atoms with Crippen molar-refractivity contribution in [3.8, 4) is 0 Å². The van der Waals surface area contributed by atoms with Crippen LogP contribution in [0.5, 0.6) is 0 Å². The number of alkyl carbamates (subject to hydrolysis) is 1. The fourth-order valence-corrected chi connectivity index (χ4v) is 0.996. The number of hydrogen-bond donors (Lipinski definition) is 2. The average Bonchev–Trinajstić information content (AvgIpc) is 2.13. The maximum Gasteiger partial charge on any atom is 0.407 e. The predicted octanol–water partition coefficient (Wildman–Crippen LogP) is 1.62. The highest BCUT2D eigenvalue weighted by atomic mass is 16.6. The van der Waals surface area contributed by atoms with Crippen molar-refractivity contribution in [1.82, 2.24) is 5.32 Å². The minimum Gasteiger partial charge on any atom is -0.478 e. The molecule has 0 aromatic heterocycles. The van der Waals surface area contributed by atoms with Gasteiger partial charge in [0.15, 0.2) is 0 Å². The van der Waals surface area contributed by atoms with E-state index in [9.17, 15) is 9.59 Å². The average molecular weight is 217 g/mol. The number of unbranched alkanes of at least 4 members (excludes halogenated alkanes) is 1. The fourth-order valence-electron chi connectivity index (χ4n) is 0.996. The molecule has 1 unspecified atom stereocenters. The summed E-state index contributed by atoms with van der Waals surface area (Å²) < 4.78 is 4.77. The standard InChI is InChI=1S/C10H19NO4/c1-4-5-6-11-10(14)15-8(7(2)3)9(12)13/h7-8H,4-6H2,1-3H3,(H,11,14)(H,12,13). The van der Waals surface area contributed by atoms with E-state index in [1.807, 2.05) is 6.92 Å². The van der Waals surface area contributed by atoms with Crippen molar-refractivity contribution in [2.45, 2.75) is 39.7 Å². The van der Waals surface area contributed by atoms with Gasteiger partial charge in [-0.2, -0.15) is 0 Å². The van der Waals surface area contributed by atoms with Crippen LogP contribution in [0.25, 0.3) is 0 Å². The van der Waals surface area contributed by atoms with Crippen LogP contribution in [0.3, 0.4) is 0 Å². The van der Waals surface area contributed by atoms with Crippen LogP contribution in [0.2, 0.25) is 0 Å². The van der Waals surface area contributed by atoms with Crippen molar-refractivity contribution < 1.29 is 19.4 Å². The summed E-state index contributed by atoms with van der Waals surface area (Å²) in [6.45, 7) is 5.90. The highest BCUT2D eigenvalue weighted by Gasteiger charge is 2.25. The summed E-state index contributed by atoms with van der Waals surface area (Å²) in [5.41, 5.74) is 0. The smallest absolute Gasteiger partial charge is 0.407 e. The van der Waals surface area contributed by atoms with E-state index >= 15 is 0 Å². The lowest BCUT2D eigenvalue weighted by atomic mass is 10.1. The van der Waals surface area contributed by atoms with Gasteiger partial charge in [0.1, 0.15) is 0 Å². The minimum atomic E-state index is -1.12. The number of carbonyl (C=O) groups is 2. The number of carbonyl (C=O) groups excluding carboxylic acids is 1. The third-order valence-electron chi connectivity index (χ3n) is 1.88. The maximum absolute atomic E-state index is 11.1. The summed E-state index contributed by atoms with van der Waals surface area (Å²) in [6.07, 6.45) is 0.0811. The van der Waals surface area contributed by atoms with Gasteiger partial charge >= 0.3 is 12.1 Å². The van der Waals surface area contributed by atoms with Crippen molar-refractivity contribution in [1.29, 1.82) is 0 Å². The second-order valence-electron chi connectivity index (χ2n) is 3.69. The molecule has 0 aliphatic rings. The van der Waals surface area contributed by atoms with Gasteiger partial charge in [-0.3, -0.25) is 0 Å². The summed E-state index contributed by atoms with van der Waals surface area (Å²) >= 11 is 0. The van der Waals surface area contributed by atoms with Crippen LogP contribution < -0.4 is 5.32 Å². The first-order chi connectivity index (χ1) is 6.99. The van der Waals surface area contributed by atoms with Crippen LogP contribution in [-0.4, -0.2) is 29.8 Å². The summed E-state index contributed by atoms with van der Waals surface area (Å²) in [4.78, 5) is 21.8. The van der Waals surface area contributed by atoms with E-state index in [2.05, 4.69) is 5.32 Å². The first-order valence-corrected chi connectivity index (χ1v) is 5.16. The van der Waals surface area contributed by atoms with Crippen molar-refractivity contribution in [3.63, 3.8) is 0 Å². The number of rotatable bonds is 6. The second kappa shape index (κ2) is 7.09. The minimum absolute atomic E-state index is 0.237. The molecule has 0 saturated carbocycles. The molecule has 0 aliphatic heterocycles. The summed E-state index contributed by atoms with van der Waals surface area (Å²) in [6, 6.07) is 0. The molecular formula is C10H19NO4. The molecule has 0 aliphatic carbocycles. The van der Waals surface area contributed by atoms with Gasteiger partial charge in [0.2, 0.25) is 6.10 Å². The predicted molar refractivity (Wildman–Crippen MR) is 55.7 cm³/mol. The topological polar surface area (TPSA) is 75.6 Å². The molecule has 2 N–H and O–H groups in total. The van der Waals surface area contributed by atoms with Crippen LogP contribution in [0, 0.1) is 5.92 Å². The molecule has 0 fully saturated rings. The normalized spacial score (nSPS) is 12.3. The number of ether oxygens (including phenoxy) is 1. The molecule has 0 saturated heterocycles. The number of carboxylic acids is 1. The summed E-state index contributed by atoms with van der Waals surface area (Å²) in [5, 5.41) is 11.3. The second-order valence-corrected chi connectivity index (χ2v) is 3.69. The maximum atomic E-state index is 11.1. The fraction of sp³-hybridized carbons (Fsp3) is 0.800. The third kappa shape index (κ3) is 5.93. The van der Waals surface area contributed by atoms with Gasteiger partial charge < -0.3 is 15.2 Å². The Morgan fingerprint density at radius 1 is 1.40 bits per heavy atom. The third-order valence-corrected chi connectivity index (χ3v) is 1.88. The van der Waals surface area contributed by atoms with E-state index in [1.165, 1.54) is 0 Å². The summed E-state index contributed by atoms with van der Waals surface area (Å²) in [5.74, 6) is -1.35.